The molecule has 0 aliphatic heterocycles. The zero-order valence-corrected chi connectivity index (χ0v) is 8.16. The van der Waals surface area contributed by atoms with Gasteiger partial charge in [-0.2, -0.15) is 5.26 Å². The first-order valence-corrected chi connectivity index (χ1v) is 4.40. The van der Waals surface area contributed by atoms with Crippen molar-refractivity contribution in [1.82, 2.24) is 0 Å². The maximum atomic E-state index is 11.9. The molecule has 0 spiro atoms. The summed E-state index contributed by atoms with van der Waals surface area (Å²) in [5, 5.41) is 8.41. The molecular weight excluding hydrogens is 221 g/mol. The number of hydrogen-bond acceptors (Lipinski definition) is 3. The summed E-state index contributed by atoms with van der Waals surface area (Å²) in [5.74, 6) is -0.335. The van der Waals surface area contributed by atoms with Gasteiger partial charge in [0.2, 0.25) is 0 Å². The molecule has 1 unspecified atom stereocenters. The lowest BCUT2D eigenvalue weighted by Crippen LogP contribution is -2.17. The van der Waals surface area contributed by atoms with E-state index in [-0.39, 0.29) is 12.2 Å². The van der Waals surface area contributed by atoms with E-state index in [1.54, 1.807) is 6.07 Å². The Morgan fingerprint density at radius 2 is 2.12 bits per heavy atom. The minimum atomic E-state index is -4.72. The van der Waals surface area contributed by atoms with Gasteiger partial charge in [-0.1, -0.05) is 12.1 Å². The molecule has 1 aromatic rings. The van der Waals surface area contributed by atoms with Crippen LogP contribution in [-0.4, -0.2) is 6.36 Å². The van der Waals surface area contributed by atoms with Gasteiger partial charge in [0.1, 0.15) is 5.75 Å². The highest BCUT2D eigenvalue weighted by molar-refractivity contribution is 5.30. The number of ether oxygens (including phenoxy) is 1. The third-order valence-electron chi connectivity index (χ3n) is 1.83. The van der Waals surface area contributed by atoms with Crippen LogP contribution in [0.15, 0.2) is 24.3 Å². The summed E-state index contributed by atoms with van der Waals surface area (Å²) >= 11 is 0. The van der Waals surface area contributed by atoms with E-state index in [9.17, 15) is 13.2 Å². The lowest BCUT2D eigenvalue weighted by Gasteiger charge is -2.12. The molecule has 0 aliphatic carbocycles. The molecule has 6 heteroatoms. The zero-order chi connectivity index (χ0) is 12.2. The summed E-state index contributed by atoms with van der Waals surface area (Å²) in [6, 6.07) is 6.53. The van der Waals surface area contributed by atoms with Crippen molar-refractivity contribution in [1.29, 1.82) is 5.26 Å². The van der Waals surface area contributed by atoms with Crippen LogP contribution < -0.4 is 10.5 Å². The van der Waals surface area contributed by atoms with Crippen LogP contribution >= 0.6 is 0 Å². The van der Waals surface area contributed by atoms with Gasteiger partial charge in [-0.15, -0.1) is 13.2 Å². The number of hydrogen-bond donors (Lipinski definition) is 1. The molecular formula is C10H9F3N2O. The van der Waals surface area contributed by atoms with Gasteiger partial charge in [0.25, 0.3) is 0 Å². The van der Waals surface area contributed by atoms with E-state index in [1.807, 2.05) is 6.07 Å². The third-order valence-corrected chi connectivity index (χ3v) is 1.83. The quantitative estimate of drug-likeness (QED) is 0.867. The van der Waals surface area contributed by atoms with E-state index in [0.29, 0.717) is 5.56 Å². The van der Waals surface area contributed by atoms with Crippen molar-refractivity contribution in [2.45, 2.75) is 18.8 Å². The van der Waals surface area contributed by atoms with Gasteiger partial charge in [-0.05, 0) is 17.7 Å². The van der Waals surface area contributed by atoms with Gasteiger partial charge >= 0.3 is 6.36 Å². The number of rotatable bonds is 3. The van der Waals surface area contributed by atoms with Gasteiger partial charge in [-0.25, -0.2) is 0 Å². The maximum Gasteiger partial charge on any atom is 0.573 e. The normalized spacial score (nSPS) is 12.9. The van der Waals surface area contributed by atoms with Gasteiger partial charge in [0.15, 0.2) is 0 Å². The SMILES string of the molecule is N#CCC(N)c1cccc(OC(F)(F)F)c1. The Hall–Kier alpha value is -1.74. The molecule has 86 valence electrons. The lowest BCUT2D eigenvalue weighted by atomic mass is 10.1. The number of nitrogens with two attached hydrogens (primary N) is 1. The third kappa shape index (κ3) is 3.79. The second kappa shape index (κ2) is 4.86. The number of halogens is 3. The molecule has 1 aromatic carbocycles. The van der Waals surface area contributed by atoms with E-state index in [0.717, 1.165) is 0 Å². The summed E-state index contributed by atoms with van der Waals surface area (Å²) in [6.07, 6.45) is -4.69. The van der Waals surface area contributed by atoms with Crippen molar-refractivity contribution < 1.29 is 17.9 Å². The second-order valence-corrected chi connectivity index (χ2v) is 3.09. The molecule has 0 bridgehead atoms. The fraction of sp³-hybridized carbons (Fsp3) is 0.300. The topological polar surface area (TPSA) is 59.0 Å². The molecule has 2 N–H and O–H groups in total. The first-order chi connectivity index (χ1) is 7.42. The molecule has 3 nitrogen and oxygen atoms in total. The van der Waals surface area contributed by atoms with Gasteiger partial charge < -0.3 is 10.5 Å². The molecule has 1 atom stereocenters. The molecule has 0 radical (unpaired) electrons. The molecule has 0 saturated carbocycles. The number of nitrogens with zero attached hydrogens (tertiary/aromatic N) is 1. The van der Waals surface area contributed by atoms with Crippen molar-refractivity contribution in [3.63, 3.8) is 0 Å². The van der Waals surface area contributed by atoms with Crippen molar-refractivity contribution in [2.75, 3.05) is 0 Å². The Labute approximate surface area is 90.2 Å². The predicted molar refractivity (Wildman–Crippen MR) is 50.3 cm³/mol. The Kier molecular flexibility index (Phi) is 3.74. The smallest absolute Gasteiger partial charge is 0.406 e. The highest BCUT2D eigenvalue weighted by Gasteiger charge is 2.31. The molecule has 16 heavy (non-hydrogen) atoms. The molecule has 0 aliphatic rings. The molecule has 0 heterocycles. The summed E-state index contributed by atoms with van der Waals surface area (Å²) in [4.78, 5) is 0. The lowest BCUT2D eigenvalue weighted by molar-refractivity contribution is -0.274. The molecule has 0 saturated heterocycles. The van der Waals surface area contributed by atoms with Crippen LogP contribution in [0.3, 0.4) is 0 Å². The van der Waals surface area contributed by atoms with Crippen LogP contribution in [-0.2, 0) is 0 Å². The fourth-order valence-electron chi connectivity index (χ4n) is 1.16. The van der Waals surface area contributed by atoms with Crippen molar-refractivity contribution >= 4 is 0 Å². The van der Waals surface area contributed by atoms with E-state index in [1.165, 1.54) is 18.2 Å². The van der Waals surface area contributed by atoms with E-state index < -0.39 is 12.4 Å². The predicted octanol–water partition coefficient (Wildman–Crippen LogP) is 2.50. The van der Waals surface area contributed by atoms with Crippen molar-refractivity contribution in [2.24, 2.45) is 5.73 Å². The van der Waals surface area contributed by atoms with Crippen LogP contribution in [0.5, 0.6) is 5.75 Å². The number of benzene rings is 1. The van der Waals surface area contributed by atoms with E-state index in [4.69, 9.17) is 11.0 Å². The monoisotopic (exact) mass is 230 g/mol. The summed E-state index contributed by atoms with van der Waals surface area (Å²) in [7, 11) is 0. The van der Waals surface area contributed by atoms with Gasteiger partial charge in [-0.3, -0.25) is 0 Å². The van der Waals surface area contributed by atoms with Crippen LogP contribution in [0.2, 0.25) is 0 Å². The Balaban J connectivity index is 2.83. The molecule has 0 amide bonds. The molecule has 1 rings (SSSR count). The summed E-state index contributed by atoms with van der Waals surface area (Å²) in [5.41, 5.74) is 6.01. The standard InChI is InChI=1S/C10H9F3N2O/c11-10(12,13)16-8-3-1-2-7(6-8)9(15)4-5-14/h1-3,6,9H,4,15H2. The van der Waals surface area contributed by atoms with Crippen LogP contribution in [0.25, 0.3) is 0 Å². The second-order valence-electron chi connectivity index (χ2n) is 3.09. The largest absolute Gasteiger partial charge is 0.573 e. The Morgan fingerprint density at radius 3 is 2.69 bits per heavy atom. The Bertz CT molecular complexity index is 398. The average Bonchev–Trinajstić information content (AvgIpc) is 2.16. The summed E-state index contributed by atoms with van der Waals surface area (Å²) < 4.78 is 39.5. The van der Waals surface area contributed by atoms with E-state index >= 15 is 0 Å². The van der Waals surface area contributed by atoms with Crippen molar-refractivity contribution in [3.8, 4) is 11.8 Å². The van der Waals surface area contributed by atoms with Crippen LogP contribution in [0.1, 0.15) is 18.0 Å². The van der Waals surface area contributed by atoms with Crippen LogP contribution in [0, 0.1) is 11.3 Å². The fourth-order valence-corrected chi connectivity index (χ4v) is 1.16. The van der Waals surface area contributed by atoms with Gasteiger partial charge in [0, 0.05) is 6.04 Å². The minimum absolute atomic E-state index is 0.0372. The highest BCUT2D eigenvalue weighted by Crippen LogP contribution is 2.25. The first kappa shape index (κ1) is 12.3. The maximum absolute atomic E-state index is 11.9. The molecule has 0 aromatic heterocycles. The van der Waals surface area contributed by atoms with Gasteiger partial charge in [0.05, 0.1) is 12.5 Å². The summed E-state index contributed by atoms with van der Waals surface area (Å²) in [6.45, 7) is 0. The van der Waals surface area contributed by atoms with Crippen LogP contribution in [0.4, 0.5) is 13.2 Å². The average molecular weight is 230 g/mol. The molecule has 0 fully saturated rings. The van der Waals surface area contributed by atoms with E-state index in [2.05, 4.69) is 4.74 Å². The number of nitriles is 1. The van der Waals surface area contributed by atoms with Crippen molar-refractivity contribution in [3.05, 3.63) is 29.8 Å². The number of alkyl halides is 3. The Morgan fingerprint density at radius 1 is 1.44 bits per heavy atom. The first-order valence-electron chi connectivity index (χ1n) is 4.40. The minimum Gasteiger partial charge on any atom is -0.406 e. The highest BCUT2D eigenvalue weighted by atomic mass is 19.4. The zero-order valence-electron chi connectivity index (χ0n) is 8.16.